The van der Waals surface area contributed by atoms with Crippen molar-refractivity contribution in [2.24, 2.45) is 4.99 Å². The lowest BCUT2D eigenvalue weighted by Crippen LogP contribution is -2.07. The molecular formula is C19H11ClN2O2. The molecular weight excluding hydrogens is 324 g/mol. The molecule has 4 nitrogen and oxygen atoms in total. The minimum atomic E-state index is -0.500. The molecule has 3 aromatic rings. The third kappa shape index (κ3) is 2.68. The summed E-state index contributed by atoms with van der Waals surface area (Å²) in [5.41, 5.74) is 1.57. The van der Waals surface area contributed by atoms with E-state index in [9.17, 15) is 4.79 Å². The molecule has 116 valence electrons. The summed E-state index contributed by atoms with van der Waals surface area (Å²) in [4.78, 5) is 20.5. The first-order chi connectivity index (χ1) is 11.7. The number of carbonyl (C=O) groups excluding carboxylic acids is 1. The first-order valence-electron chi connectivity index (χ1n) is 7.33. The van der Waals surface area contributed by atoms with Gasteiger partial charge in [-0.25, -0.2) is 9.79 Å². The van der Waals surface area contributed by atoms with Crippen LogP contribution in [-0.2, 0) is 9.53 Å². The van der Waals surface area contributed by atoms with Crippen molar-refractivity contribution in [1.82, 2.24) is 4.98 Å². The highest BCUT2D eigenvalue weighted by molar-refractivity contribution is 6.31. The number of pyridine rings is 1. The number of aromatic nitrogens is 1. The SMILES string of the molecule is O=C1OC(c2cc(Cl)ccn2)=N/C1=C\c1cccc2ccccc12. The fourth-order valence-corrected chi connectivity index (χ4v) is 2.72. The zero-order valence-electron chi connectivity index (χ0n) is 12.4. The van der Waals surface area contributed by atoms with Gasteiger partial charge in [-0.15, -0.1) is 0 Å². The highest BCUT2D eigenvalue weighted by Gasteiger charge is 2.25. The van der Waals surface area contributed by atoms with Crippen LogP contribution < -0.4 is 0 Å². The lowest BCUT2D eigenvalue weighted by Gasteiger charge is -2.01. The number of esters is 1. The summed E-state index contributed by atoms with van der Waals surface area (Å²) in [7, 11) is 0. The largest absolute Gasteiger partial charge is 0.400 e. The molecule has 0 N–H and O–H groups in total. The predicted molar refractivity (Wildman–Crippen MR) is 93.8 cm³/mol. The van der Waals surface area contributed by atoms with Crippen molar-refractivity contribution in [3.05, 3.63) is 82.8 Å². The van der Waals surface area contributed by atoms with Gasteiger partial charge in [0, 0.05) is 11.2 Å². The first-order valence-corrected chi connectivity index (χ1v) is 7.71. The lowest BCUT2D eigenvalue weighted by molar-refractivity contribution is -0.129. The van der Waals surface area contributed by atoms with Gasteiger partial charge in [-0.1, -0.05) is 54.1 Å². The number of hydrogen-bond acceptors (Lipinski definition) is 4. The van der Waals surface area contributed by atoms with Crippen LogP contribution in [0.4, 0.5) is 0 Å². The van der Waals surface area contributed by atoms with E-state index in [1.807, 2.05) is 42.5 Å². The molecule has 24 heavy (non-hydrogen) atoms. The van der Waals surface area contributed by atoms with Crippen LogP contribution in [0.15, 0.2) is 71.5 Å². The van der Waals surface area contributed by atoms with Crippen molar-refractivity contribution in [3.63, 3.8) is 0 Å². The zero-order chi connectivity index (χ0) is 16.5. The van der Waals surface area contributed by atoms with Gasteiger partial charge < -0.3 is 4.74 Å². The smallest absolute Gasteiger partial charge is 0.363 e. The molecule has 5 heteroatoms. The number of cyclic esters (lactones) is 1. The van der Waals surface area contributed by atoms with Crippen LogP contribution in [0.5, 0.6) is 0 Å². The monoisotopic (exact) mass is 334 g/mol. The minimum Gasteiger partial charge on any atom is -0.400 e. The van der Waals surface area contributed by atoms with Gasteiger partial charge in [0.1, 0.15) is 5.69 Å². The summed E-state index contributed by atoms with van der Waals surface area (Å²) in [5, 5.41) is 2.65. The second-order valence-corrected chi connectivity index (χ2v) is 5.70. The molecule has 0 saturated carbocycles. The molecule has 1 aliphatic rings. The number of ether oxygens (including phenoxy) is 1. The van der Waals surface area contributed by atoms with E-state index in [-0.39, 0.29) is 11.6 Å². The van der Waals surface area contributed by atoms with Crippen molar-refractivity contribution in [2.45, 2.75) is 0 Å². The predicted octanol–water partition coefficient (Wildman–Crippen LogP) is 4.23. The van der Waals surface area contributed by atoms with Gasteiger partial charge in [0.2, 0.25) is 5.90 Å². The Morgan fingerprint density at radius 2 is 1.88 bits per heavy atom. The van der Waals surface area contributed by atoms with Crippen LogP contribution in [0.25, 0.3) is 16.8 Å². The van der Waals surface area contributed by atoms with E-state index in [0.717, 1.165) is 16.3 Å². The number of benzene rings is 2. The topological polar surface area (TPSA) is 51.5 Å². The van der Waals surface area contributed by atoms with Gasteiger partial charge in [0.05, 0.1) is 0 Å². The Balaban J connectivity index is 1.78. The Morgan fingerprint density at radius 3 is 2.75 bits per heavy atom. The van der Waals surface area contributed by atoms with Crippen molar-refractivity contribution < 1.29 is 9.53 Å². The van der Waals surface area contributed by atoms with Crippen LogP contribution >= 0.6 is 11.6 Å². The Labute approximate surface area is 143 Å². The maximum Gasteiger partial charge on any atom is 0.363 e. The molecule has 0 aliphatic carbocycles. The maximum atomic E-state index is 12.1. The zero-order valence-corrected chi connectivity index (χ0v) is 13.2. The quantitative estimate of drug-likeness (QED) is 0.520. The van der Waals surface area contributed by atoms with Crippen molar-refractivity contribution in [3.8, 4) is 0 Å². The molecule has 2 heterocycles. The van der Waals surface area contributed by atoms with Crippen molar-refractivity contribution in [2.75, 3.05) is 0 Å². The Kier molecular flexibility index (Phi) is 3.59. The third-order valence-electron chi connectivity index (χ3n) is 3.68. The molecule has 0 atom stereocenters. The molecule has 4 rings (SSSR count). The van der Waals surface area contributed by atoms with Crippen molar-refractivity contribution >= 4 is 40.3 Å². The van der Waals surface area contributed by atoms with Gasteiger partial charge in [-0.05, 0) is 34.5 Å². The molecule has 2 aromatic carbocycles. The standard InChI is InChI=1S/C19H11ClN2O2/c20-14-8-9-21-16(11-14)18-22-17(19(23)24-18)10-13-6-3-5-12-4-1-2-7-15(12)13/h1-11H/b17-10-. The summed E-state index contributed by atoms with van der Waals surface area (Å²) in [5.74, 6) is -0.339. The van der Waals surface area contributed by atoms with E-state index in [2.05, 4.69) is 9.98 Å². The van der Waals surface area contributed by atoms with Gasteiger partial charge in [-0.2, -0.15) is 0 Å². The summed E-state index contributed by atoms with van der Waals surface area (Å²) in [6.45, 7) is 0. The van der Waals surface area contributed by atoms with Crippen LogP contribution in [0.3, 0.4) is 0 Å². The number of carbonyl (C=O) groups is 1. The normalized spacial score (nSPS) is 15.6. The molecule has 0 fully saturated rings. The van der Waals surface area contributed by atoms with E-state index in [4.69, 9.17) is 16.3 Å². The van der Waals surface area contributed by atoms with E-state index in [1.165, 1.54) is 0 Å². The number of aliphatic imine (C=N–C) groups is 1. The average molecular weight is 335 g/mol. The molecule has 1 aliphatic heterocycles. The van der Waals surface area contributed by atoms with Gasteiger partial charge in [0.25, 0.3) is 0 Å². The molecule has 0 amide bonds. The number of rotatable bonds is 2. The van der Waals surface area contributed by atoms with Crippen LogP contribution in [0.2, 0.25) is 5.02 Å². The number of hydrogen-bond donors (Lipinski definition) is 0. The average Bonchev–Trinajstić information content (AvgIpc) is 2.96. The second-order valence-electron chi connectivity index (χ2n) is 5.26. The van der Waals surface area contributed by atoms with E-state index in [1.54, 1.807) is 24.4 Å². The molecule has 0 unspecified atom stereocenters. The first kappa shape index (κ1) is 14.6. The Hall–Kier alpha value is -2.98. The molecule has 0 spiro atoms. The summed E-state index contributed by atoms with van der Waals surface area (Å²) in [6, 6.07) is 17.1. The van der Waals surface area contributed by atoms with Crippen LogP contribution in [0, 0.1) is 0 Å². The lowest BCUT2D eigenvalue weighted by atomic mass is 10.0. The molecule has 0 bridgehead atoms. The maximum absolute atomic E-state index is 12.1. The molecule has 0 radical (unpaired) electrons. The summed E-state index contributed by atoms with van der Waals surface area (Å²) in [6.07, 6.45) is 3.27. The summed E-state index contributed by atoms with van der Waals surface area (Å²) >= 11 is 5.94. The van der Waals surface area contributed by atoms with Gasteiger partial charge in [0.15, 0.2) is 5.70 Å². The van der Waals surface area contributed by atoms with E-state index in [0.29, 0.717) is 10.7 Å². The Morgan fingerprint density at radius 1 is 1.04 bits per heavy atom. The second kappa shape index (κ2) is 5.91. The van der Waals surface area contributed by atoms with Gasteiger partial charge >= 0.3 is 5.97 Å². The summed E-state index contributed by atoms with van der Waals surface area (Å²) < 4.78 is 5.22. The minimum absolute atomic E-state index is 0.161. The van der Waals surface area contributed by atoms with E-state index >= 15 is 0 Å². The van der Waals surface area contributed by atoms with E-state index < -0.39 is 5.97 Å². The number of nitrogens with zero attached hydrogens (tertiary/aromatic N) is 2. The van der Waals surface area contributed by atoms with Gasteiger partial charge in [-0.3, -0.25) is 4.98 Å². The highest BCUT2D eigenvalue weighted by atomic mass is 35.5. The molecule has 0 saturated heterocycles. The van der Waals surface area contributed by atoms with Crippen molar-refractivity contribution in [1.29, 1.82) is 0 Å². The third-order valence-corrected chi connectivity index (χ3v) is 3.91. The number of halogens is 1. The van der Waals surface area contributed by atoms with Crippen LogP contribution in [0.1, 0.15) is 11.3 Å². The fraction of sp³-hybridized carbons (Fsp3) is 0. The Bertz CT molecular complexity index is 1020. The molecule has 1 aromatic heterocycles. The van der Waals surface area contributed by atoms with Crippen LogP contribution in [-0.4, -0.2) is 16.9 Å². The highest BCUT2D eigenvalue weighted by Crippen LogP contribution is 2.24. The fourth-order valence-electron chi connectivity index (χ4n) is 2.56. The number of fused-ring (bicyclic) bond motifs is 1.